The molecule has 0 radical (unpaired) electrons. The number of benzene rings is 1. The number of rotatable bonds is 6. The van der Waals surface area contributed by atoms with Crippen LogP contribution in [0.5, 0.6) is 0 Å². The summed E-state index contributed by atoms with van der Waals surface area (Å²) in [7, 11) is 1.69. The van der Waals surface area contributed by atoms with Gasteiger partial charge in [0.05, 0.1) is 41.0 Å². The van der Waals surface area contributed by atoms with E-state index in [0.717, 1.165) is 0 Å². The first-order valence-electron chi connectivity index (χ1n) is 11.8. The lowest BCUT2D eigenvalue weighted by Crippen LogP contribution is -2.27. The average molecular weight is 522 g/mol. The molecule has 0 saturated heterocycles. The maximum Gasteiger partial charge on any atom is 0.412 e. The lowest BCUT2D eigenvalue weighted by molar-refractivity contribution is 0.0635. The van der Waals surface area contributed by atoms with Gasteiger partial charge in [0.2, 0.25) is 0 Å². The van der Waals surface area contributed by atoms with Gasteiger partial charge in [0.25, 0.3) is 5.91 Å². The Morgan fingerprint density at radius 2 is 1.84 bits per heavy atom. The summed E-state index contributed by atoms with van der Waals surface area (Å²) in [6, 6.07) is 7.37. The van der Waals surface area contributed by atoms with Crippen molar-refractivity contribution in [3.05, 3.63) is 71.6 Å². The number of aliphatic hydroxyl groups is 1. The molecule has 11 heteroatoms. The number of carbonyl (C=O) groups is 3. The summed E-state index contributed by atoms with van der Waals surface area (Å²) in [5, 5.41) is 18.9. The molecular formula is C27H28FN5O5. The van der Waals surface area contributed by atoms with Crippen molar-refractivity contribution in [3.63, 3.8) is 0 Å². The Labute approximate surface area is 218 Å². The van der Waals surface area contributed by atoms with E-state index < -0.39 is 23.4 Å². The van der Waals surface area contributed by atoms with Crippen LogP contribution in [-0.4, -0.2) is 42.7 Å². The summed E-state index contributed by atoms with van der Waals surface area (Å²) >= 11 is 0. The molecule has 1 aromatic carbocycles. The number of Topliss-reactive ketones (excluding diaryl/α,β-unsaturated/α-hetero) is 1. The number of anilines is 2. The van der Waals surface area contributed by atoms with Crippen molar-refractivity contribution in [1.82, 2.24) is 14.2 Å². The van der Waals surface area contributed by atoms with Gasteiger partial charge in [-0.25, -0.2) is 9.18 Å². The van der Waals surface area contributed by atoms with Crippen molar-refractivity contribution < 1.29 is 28.6 Å². The summed E-state index contributed by atoms with van der Waals surface area (Å²) in [4.78, 5) is 37.9. The lowest BCUT2D eigenvalue weighted by Gasteiger charge is -2.19. The Morgan fingerprint density at radius 3 is 2.45 bits per heavy atom. The molecule has 3 heterocycles. The quantitative estimate of drug-likeness (QED) is 0.314. The van der Waals surface area contributed by atoms with Crippen LogP contribution < -0.4 is 10.6 Å². The van der Waals surface area contributed by atoms with Crippen LogP contribution in [0, 0.1) is 5.82 Å². The van der Waals surface area contributed by atoms with Gasteiger partial charge in [0.15, 0.2) is 11.6 Å². The number of hydrogen-bond donors (Lipinski definition) is 3. The third-order valence-electron chi connectivity index (χ3n) is 5.59. The Balaban J connectivity index is 1.70. The number of ketones is 1. The number of hydrogen-bond acceptors (Lipinski definition) is 6. The fraction of sp³-hybridized carbons (Fsp3) is 0.259. The molecule has 3 N–H and O–H groups in total. The van der Waals surface area contributed by atoms with Crippen molar-refractivity contribution in [2.45, 2.75) is 39.9 Å². The van der Waals surface area contributed by atoms with E-state index in [9.17, 15) is 19.5 Å². The predicted octanol–water partition coefficient (Wildman–Crippen LogP) is 4.77. The second-order valence-electron chi connectivity index (χ2n) is 9.82. The SMILES string of the molecule is CC(=O)c1cc(C(=O)Nc2cc(CO)cc(-c3cnn(C)c3)c2F)c2ccc(NC(=O)OC(C)(C)C)cn12. The predicted molar refractivity (Wildman–Crippen MR) is 140 cm³/mol. The first-order chi connectivity index (χ1) is 17.9. The summed E-state index contributed by atoms with van der Waals surface area (Å²) in [5.74, 6) is -1.67. The minimum atomic E-state index is -0.697. The number of aromatic nitrogens is 3. The number of carbonyl (C=O) groups excluding carboxylic acids is 3. The molecule has 4 aromatic rings. The lowest BCUT2D eigenvalue weighted by atomic mass is 10.0. The molecule has 0 unspecified atom stereocenters. The fourth-order valence-corrected chi connectivity index (χ4v) is 3.97. The Morgan fingerprint density at radius 1 is 1.11 bits per heavy atom. The number of amides is 2. The van der Waals surface area contributed by atoms with E-state index in [1.165, 1.54) is 46.6 Å². The number of fused-ring (bicyclic) bond motifs is 1. The molecular weight excluding hydrogens is 493 g/mol. The highest BCUT2D eigenvalue weighted by Gasteiger charge is 2.22. The zero-order valence-electron chi connectivity index (χ0n) is 21.6. The largest absolute Gasteiger partial charge is 0.444 e. The Bertz CT molecular complexity index is 1560. The van der Waals surface area contributed by atoms with Gasteiger partial charge < -0.3 is 19.6 Å². The van der Waals surface area contributed by atoms with E-state index >= 15 is 4.39 Å². The molecule has 0 saturated carbocycles. The van der Waals surface area contributed by atoms with Gasteiger partial charge in [0.1, 0.15) is 5.60 Å². The minimum Gasteiger partial charge on any atom is -0.444 e. The number of nitrogens with zero attached hydrogens (tertiary/aromatic N) is 3. The third-order valence-corrected chi connectivity index (χ3v) is 5.59. The van der Waals surface area contributed by atoms with Crippen molar-refractivity contribution in [2.24, 2.45) is 7.05 Å². The maximum atomic E-state index is 15.5. The molecule has 0 aliphatic heterocycles. The van der Waals surface area contributed by atoms with Gasteiger partial charge in [0, 0.05) is 37.5 Å². The molecule has 10 nitrogen and oxygen atoms in total. The normalized spacial score (nSPS) is 11.4. The number of pyridine rings is 1. The van der Waals surface area contributed by atoms with Crippen LogP contribution in [0.2, 0.25) is 0 Å². The third kappa shape index (κ3) is 5.57. The van der Waals surface area contributed by atoms with Crippen molar-refractivity contribution in [3.8, 4) is 11.1 Å². The van der Waals surface area contributed by atoms with Gasteiger partial charge in [-0.05, 0) is 56.7 Å². The molecule has 0 atom stereocenters. The first-order valence-corrected chi connectivity index (χ1v) is 11.8. The molecule has 0 aliphatic carbocycles. The second kappa shape index (κ2) is 10.1. The van der Waals surface area contributed by atoms with Gasteiger partial charge in [-0.15, -0.1) is 0 Å². The zero-order valence-corrected chi connectivity index (χ0v) is 21.6. The summed E-state index contributed by atoms with van der Waals surface area (Å²) < 4.78 is 23.7. The van der Waals surface area contributed by atoms with Crippen LogP contribution in [0.25, 0.3) is 16.6 Å². The molecule has 0 spiro atoms. The van der Waals surface area contributed by atoms with E-state index in [1.807, 2.05) is 0 Å². The highest BCUT2D eigenvalue weighted by Crippen LogP contribution is 2.31. The molecule has 4 rings (SSSR count). The monoisotopic (exact) mass is 521 g/mol. The van der Waals surface area contributed by atoms with Gasteiger partial charge in [-0.2, -0.15) is 5.10 Å². The van der Waals surface area contributed by atoms with E-state index in [-0.39, 0.29) is 34.9 Å². The van der Waals surface area contributed by atoms with E-state index in [4.69, 9.17) is 4.74 Å². The minimum absolute atomic E-state index is 0.121. The van der Waals surface area contributed by atoms with Crippen molar-refractivity contribution in [2.75, 3.05) is 10.6 Å². The topological polar surface area (TPSA) is 127 Å². The molecule has 0 fully saturated rings. The zero-order chi connectivity index (χ0) is 27.8. The summed E-state index contributed by atoms with van der Waals surface area (Å²) in [6.45, 7) is 6.19. The molecule has 0 aliphatic rings. The van der Waals surface area contributed by atoms with E-state index in [2.05, 4.69) is 15.7 Å². The highest BCUT2D eigenvalue weighted by molar-refractivity contribution is 6.11. The number of aryl methyl sites for hydroxylation is 1. The Hall–Kier alpha value is -4.51. The van der Waals surface area contributed by atoms with E-state index in [0.29, 0.717) is 22.3 Å². The van der Waals surface area contributed by atoms with Crippen LogP contribution in [-0.2, 0) is 18.4 Å². The molecule has 2 amide bonds. The van der Waals surface area contributed by atoms with Gasteiger partial charge >= 0.3 is 6.09 Å². The molecule has 38 heavy (non-hydrogen) atoms. The fourth-order valence-electron chi connectivity index (χ4n) is 3.97. The van der Waals surface area contributed by atoms with Crippen LogP contribution in [0.15, 0.2) is 48.9 Å². The van der Waals surface area contributed by atoms with Crippen molar-refractivity contribution >= 4 is 34.7 Å². The second-order valence-corrected chi connectivity index (χ2v) is 9.82. The van der Waals surface area contributed by atoms with Gasteiger partial charge in [-0.1, -0.05) is 0 Å². The standard InChI is InChI=1S/C27H28FN5O5/c1-15(35)23-10-20(22-7-6-18(13-33(22)23)30-26(37)38-27(2,3)4)25(36)31-21-9-16(14-34)8-19(24(21)28)17-11-29-32(5)12-17/h6-13,34H,14H2,1-5H3,(H,30,37)(H,31,36). The average Bonchev–Trinajstić information content (AvgIpc) is 3.42. The number of ether oxygens (including phenoxy) is 1. The van der Waals surface area contributed by atoms with Crippen LogP contribution in [0.4, 0.5) is 20.6 Å². The molecule has 3 aromatic heterocycles. The maximum absolute atomic E-state index is 15.5. The highest BCUT2D eigenvalue weighted by atomic mass is 19.1. The Kier molecular flexibility index (Phi) is 7.05. The van der Waals surface area contributed by atoms with Gasteiger partial charge in [-0.3, -0.25) is 19.6 Å². The number of aliphatic hydroxyl groups excluding tert-OH is 1. The number of nitrogens with one attached hydrogen (secondary N) is 2. The molecule has 0 bridgehead atoms. The summed E-state index contributed by atoms with van der Waals surface area (Å²) in [6.07, 6.45) is 3.93. The molecule has 198 valence electrons. The van der Waals surface area contributed by atoms with Crippen LogP contribution >= 0.6 is 0 Å². The van der Waals surface area contributed by atoms with Crippen LogP contribution in [0.1, 0.15) is 54.1 Å². The van der Waals surface area contributed by atoms with Crippen LogP contribution in [0.3, 0.4) is 0 Å². The van der Waals surface area contributed by atoms with E-state index in [1.54, 1.807) is 46.1 Å². The summed E-state index contributed by atoms with van der Waals surface area (Å²) in [5.41, 5.74) is 1.24. The number of halogens is 1. The first kappa shape index (κ1) is 26.6. The smallest absolute Gasteiger partial charge is 0.412 e. The van der Waals surface area contributed by atoms with Crippen molar-refractivity contribution in [1.29, 1.82) is 0 Å².